The van der Waals surface area contributed by atoms with Crippen LogP contribution in [-0.4, -0.2) is 9.13 Å². The molecule has 0 fully saturated rings. The second kappa shape index (κ2) is 11.9. The van der Waals surface area contributed by atoms with Gasteiger partial charge in [-0.25, -0.2) is 0 Å². The van der Waals surface area contributed by atoms with Crippen molar-refractivity contribution in [1.82, 2.24) is 9.13 Å². The standard InChI is InChI=1S/C56H34N2/c1-2-15-40(16-3-1)57-53-31-27-37(32-50(53)48-30-24-35-12-4-5-18-42(35)56(48)57)38-25-29-45-44-19-7-9-23-52(44)58(54(45)34-38)51-22-8-6-17-41(51)39-26-28-43-46-20-10-13-36-14-11-21-47(55(36)46)49(43)33-39/h1-34H. The highest BCUT2D eigenvalue weighted by atomic mass is 15.0. The SMILES string of the molecule is c1ccc(-n2c3ccc(-c4ccc5c6ccccc6n(-c6ccccc6-c6ccc7c(c6)-c6cccc8cccc-7c68)c5c4)cc3c3ccc4ccccc4c32)cc1. The van der Waals surface area contributed by atoms with Gasteiger partial charge in [0, 0.05) is 38.2 Å². The smallest absolute Gasteiger partial charge is 0.0619 e. The molecule has 1 aliphatic rings. The van der Waals surface area contributed by atoms with Crippen LogP contribution in [0.5, 0.6) is 0 Å². The van der Waals surface area contributed by atoms with E-state index in [-0.39, 0.29) is 0 Å². The second-order valence-corrected chi connectivity index (χ2v) is 15.7. The maximum absolute atomic E-state index is 2.48. The molecule has 12 aromatic rings. The zero-order chi connectivity index (χ0) is 37.9. The van der Waals surface area contributed by atoms with Crippen LogP contribution in [-0.2, 0) is 0 Å². The maximum Gasteiger partial charge on any atom is 0.0619 e. The zero-order valence-corrected chi connectivity index (χ0v) is 31.5. The summed E-state index contributed by atoms with van der Waals surface area (Å²) in [4.78, 5) is 0. The molecule has 0 amide bonds. The van der Waals surface area contributed by atoms with Gasteiger partial charge in [0.1, 0.15) is 0 Å². The number of rotatable bonds is 4. The van der Waals surface area contributed by atoms with Crippen molar-refractivity contribution in [3.63, 3.8) is 0 Å². The fourth-order valence-corrected chi connectivity index (χ4v) is 10.1. The van der Waals surface area contributed by atoms with Gasteiger partial charge >= 0.3 is 0 Å². The Hall–Kier alpha value is -7.68. The monoisotopic (exact) mass is 734 g/mol. The molecule has 1 aliphatic carbocycles. The van der Waals surface area contributed by atoms with E-state index in [0.717, 1.165) is 0 Å². The lowest BCUT2D eigenvalue weighted by Gasteiger charge is -2.15. The average molecular weight is 735 g/mol. The molecule has 2 heteroatoms. The minimum atomic E-state index is 1.17. The molecule has 0 aliphatic heterocycles. The van der Waals surface area contributed by atoms with Crippen LogP contribution in [0.4, 0.5) is 0 Å². The van der Waals surface area contributed by atoms with Crippen molar-refractivity contribution in [3.8, 4) is 55.9 Å². The molecule has 2 nitrogen and oxygen atoms in total. The Morgan fingerprint density at radius 2 is 0.914 bits per heavy atom. The number of nitrogens with zero attached hydrogens (tertiary/aromatic N) is 2. The lowest BCUT2D eigenvalue weighted by atomic mass is 9.96. The minimum Gasteiger partial charge on any atom is -0.309 e. The summed E-state index contributed by atoms with van der Waals surface area (Å²) in [6.45, 7) is 0. The van der Waals surface area contributed by atoms with Crippen molar-refractivity contribution in [2.45, 2.75) is 0 Å². The molecule has 0 atom stereocenters. The van der Waals surface area contributed by atoms with Gasteiger partial charge in [-0.3, -0.25) is 0 Å². The molecule has 2 heterocycles. The van der Waals surface area contributed by atoms with E-state index in [4.69, 9.17) is 0 Å². The summed E-state index contributed by atoms with van der Waals surface area (Å²) in [6, 6.07) is 76.3. The van der Waals surface area contributed by atoms with Crippen molar-refractivity contribution in [2.75, 3.05) is 0 Å². The third-order valence-corrected chi connectivity index (χ3v) is 12.6. The van der Waals surface area contributed by atoms with Crippen LogP contribution in [0, 0.1) is 0 Å². The van der Waals surface area contributed by atoms with E-state index in [0.29, 0.717) is 0 Å². The molecule has 268 valence electrons. The Morgan fingerprint density at radius 3 is 1.81 bits per heavy atom. The first-order valence-corrected chi connectivity index (χ1v) is 20.1. The Bertz CT molecular complexity index is 3670. The quantitative estimate of drug-likeness (QED) is 0.170. The summed E-state index contributed by atoms with van der Waals surface area (Å²) in [5, 5.41) is 10.2. The van der Waals surface area contributed by atoms with E-state index in [1.807, 2.05) is 0 Å². The average Bonchev–Trinajstić information content (AvgIpc) is 3.93. The first-order chi connectivity index (χ1) is 28.8. The predicted octanol–water partition coefficient (Wildman–Crippen LogP) is 15.2. The van der Waals surface area contributed by atoms with Gasteiger partial charge in [0.25, 0.3) is 0 Å². The molecule has 58 heavy (non-hydrogen) atoms. The molecule has 13 rings (SSSR count). The number of hydrogen-bond acceptors (Lipinski definition) is 0. The van der Waals surface area contributed by atoms with Gasteiger partial charge in [-0.1, -0.05) is 158 Å². The van der Waals surface area contributed by atoms with Crippen molar-refractivity contribution in [1.29, 1.82) is 0 Å². The molecular weight excluding hydrogens is 701 g/mol. The number of benzene rings is 10. The van der Waals surface area contributed by atoms with Crippen LogP contribution in [0.2, 0.25) is 0 Å². The van der Waals surface area contributed by atoms with E-state index in [2.05, 4.69) is 215 Å². The third-order valence-electron chi connectivity index (χ3n) is 12.6. The maximum atomic E-state index is 2.48. The highest BCUT2D eigenvalue weighted by Crippen LogP contribution is 2.49. The van der Waals surface area contributed by atoms with Gasteiger partial charge in [0.15, 0.2) is 0 Å². The highest BCUT2D eigenvalue weighted by Gasteiger charge is 2.23. The molecule has 0 radical (unpaired) electrons. The molecule has 0 N–H and O–H groups in total. The largest absolute Gasteiger partial charge is 0.309 e. The molecular formula is C56H34N2. The van der Waals surface area contributed by atoms with Gasteiger partial charge < -0.3 is 9.13 Å². The van der Waals surface area contributed by atoms with Gasteiger partial charge in [-0.05, 0) is 104 Å². The summed E-state index contributed by atoms with van der Waals surface area (Å²) in [5.41, 5.74) is 17.3. The van der Waals surface area contributed by atoms with Gasteiger partial charge in [0.2, 0.25) is 0 Å². The number of fused-ring (bicyclic) bond motifs is 11. The minimum absolute atomic E-state index is 1.17. The second-order valence-electron chi connectivity index (χ2n) is 15.7. The van der Waals surface area contributed by atoms with E-state index in [9.17, 15) is 0 Å². The first kappa shape index (κ1) is 31.5. The van der Waals surface area contributed by atoms with Crippen molar-refractivity contribution >= 4 is 65.2 Å². The van der Waals surface area contributed by atoms with Crippen molar-refractivity contribution < 1.29 is 0 Å². The lowest BCUT2D eigenvalue weighted by molar-refractivity contribution is 1.18. The molecule has 0 bridgehead atoms. The summed E-state index contributed by atoms with van der Waals surface area (Å²) in [5.74, 6) is 0. The number of aromatic nitrogens is 2. The van der Waals surface area contributed by atoms with E-state index < -0.39 is 0 Å². The Kier molecular flexibility index (Phi) is 6.47. The van der Waals surface area contributed by atoms with E-state index >= 15 is 0 Å². The van der Waals surface area contributed by atoms with Gasteiger partial charge in [-0.2, -0.15) is 0 Å². The molecule has 0 saturated carbocycles. The van der Waals surface area contributed by atoms with Crippen LogP contribution in [0.3, 0.4) is 0 Å². The fourth-order valence-electron chi connectivity index (χ4n) is 10.1. The molecule has 0 unspecified atom stereocenters. The predicted molar refractivity (Wildman–Crippen MR) is 245 cm³/mol. The molecule has 0 saturated heterocycles. The Balaban J connectivity index is 1.01. The van der Waals surface area contributed by atoms with Crippen LogP contribution in [0.25, 0.3) is 121 Å². The van der Waals surface area contributed by atoms with Crippen LogP contribution in [0.1, 0.15) is 0 Å². The van der Waals surface area contributed by atoms with Gasteiger partial charge in [-0.15, -0.1) is 0 Å². The third kappa shape index (κ3) is 4.37. The Morgan fingerprint density at radius 1 is 0.276 bits per heavy atom. The first-order valence-electron chi connectivity index (χ1n) is 20.1. The topological polar surface area (TPSA) is 9.86 Å². The molecule has 2 aromatic heterocycles. The van der Waals surface area contributed by atoms with E-state index in [1.54, 1.807) is 0 Å². The fraction of sp³-hybridized carbons (Fsp3) is 0. The van der Waals surface area contributed by atoms with E-state index in [1.165, 1.54) is 121 Å². The Labute approximate surface area is 335 Å². The van der Waals surface area contributed by atoms with Crippen LogP contribution >= 0.6 is 0 Å². The normalized spacial score (nSPS) is 12.1. The summed E-state index contributed by atoms with van der Waals surface area (Å²) >= 11 is 0. The number of para-hydroxylation sites is 3. The van der Waals surface area contributed by atoms with Crippen LogP contribution < -0.4 is 0 Å². The van der Waals surface area contributed by atoms with Crippen molar-refractivity contribution in [2.24, 2.45) is 0 Å². The summed E-state index contributed by atoms with van der Waals surface area (Å²) in [6.07, 6.45) is 0. The summed E-state index contributed by atoms with van der Waals surface area (Å²) < 4.78 is 4.92. The van der Waals surface area contributed by atoms with Gasteiger partial charge in [0.05, 0.1) is 27.8 Å². The lowest BCUT2D eigenvalue weighted by Crippen LogP contribution is -1.97. The van der Waals surface area contributed by atoms with Crippen molar-refractivity contribution in [3.05, 3.63) is 206 Å². The summed E-state index contributed by atoms with van der Waals surface area (Å²) in [7, 11) is 0. The zero-order valence-electron chi connectivity index (χ0n) is 31.5. The van der Waals surface area contributed by atoms with Crippen LogP contribution in [0.15, 0.2) is 206 Å². The highest BCUT2D eigenvalue weighted by molar-refractivity contribution is 6.20. The molecule has 0 spiro atoms. The number of hydrogen-bond donors (Lipinski definition) is 0. The molecule has 10 aromatic carbocycles.